The van der Waals surface area contributed by atoms with E-state index in [1.165, 1.54) is 12.1 Å². The Morgan fingerprint density at radius 2 is 2.05 bits per heavy atom. The summed E-state index contributed by atoms with van der Waals surface area (Å²) in [7, 11) is 0. The predicted octanol–water partition coefficient (Wildman–Crippen LogP) is 3.83. The van der Waals surface area contributed by atoms with E-state index in [1.54, 1.807) is 12.1 Å². The lowest BCUT2D eigenvalue weighted by atomic mass is 10.2. The van der Waals surface area contributed by atoms with Gasteiger partial charge in [-0.15, -0.1) is 0 Å². The van der Waals surface area contributed by atoms with Gasteiger partial charge >= 0.3 is 5.97 Å². The van der Waals surface area contributed by atoms with Gasteiger partial charge in [0.25, 0.3) is 0 Å². The van der Waals surface area contributed by atoms with E-state index in [2.05, 4.69) is 19.0 Å². The second-order valence-electron chi connectivity index (χ2n) is 4.05. The van der Waals surface area contributed by atoms with Crippen molar-refractivity contribution in [2.45, 2.75) is 0 Å². The molecule has 0 unspecified atom stereocenters. The second-order valence-corrected chi connectivity index (χ2v) is 5.37. The van der Waals surface area contributed by atoms with Crippen LogP contribution < -0.4 is 5.32 Å². The van der Waals surface area contributed by atoms with Gasteiger partial charge in [0.15, 0.2) is 0 Å². The fraction of sp³-hybridized carbons (Fsp3) is 0. The number of nitrogens with one attached hydrogen (secondary N) is 1. The van der Waals surface area contributed by atoms with Crippen LogP contribution in [0.25, 0.3) is 11.0 Å². The summed E-state index contributed by atoms with van der Waals surface area (Å²) in [6.45, 7) is 0. The number of nitrogens with zero attached hydrogens (tertiary/aromatic N) is 3. The van der Waals surface area contributed by atoms with Crippen LogP contribution in [-0.4, -0.2) is 24.8 Å². The van der Waals surface area contributed by atoms with Crippen LogP contribution in [0, 0.1) is 0 Å². The van der Waals surface area contributed by atoms with Crippen molar-refractivity contribution >= 4 is 63.4 Å². The molecule has 3 rings (SSSR count). The van der Waals surface area contributed by atoms with Gasteiger partial charge in [-0.3, -0.25) is 0 Å². The third-order valence-electron chi connectivity index (χ3n) is 2.67. The normalized spacial score (nSPS) is 10.8. The van der Waals surface area contributed by atoms with Crippen LogP contribution >= 0.6 is 34.9 Å². The van der Waals surface area contributed by atoms with Gasteiger partial charge in [-0.2, -0.15) is 8.75 Å². The number of benzene rings is 1. The van der Waals surface area contributed by atoms with E-state index in [4.69, 9.17) is 28.3 Å². The standard InChI is InChI=1S/C12H6Cl2N4O2S/c13-6-1-2-7-11(18-21-17-7)10(6)16-9-4-5(12(19)20)3-8(14)15-9/h1-4H,(H,15,16)(H,19,20). The zero-order chi connectivity index (χ0) is 15.0. The largest absolute Gasteiger partial charge is 0.478 e. The van der Waals surface area contributed by atoms with Crippen LogP contribution in [0.5, 0.6) is 0 Å². The van der Waals surface area contributed by atoms with Crippen LogP contribution in [0.15, 0.2) is 24.3 Å². The van der Waals surface area contributed by atoms with Crippen molar-refractivity contribution < 1.29 is 9.90 Å². The number of fused-ring (bicyclic) bond motifs is 1. The highest BCUT2D eigenvalue weighted by Crippen LogP contribution is 2.32. The molecular weight excluding hydrogens is 335 g/mol. The molecule has 0 saturated carbocycles. The third-order valence-corrected chi connectivity index (χ3v) is 3.72. The molecule has 0 fully saturated rings. The first-order valence-electron chi connectivity index (χ1n) is 5.63. The Labute approximate surface area is 132 Å². The maximum Gasteiger partial charge on any atom is 0.335 e. The van der Waals surface area contributed by atoms with E-state index in [1.807, 2.05) is 0 Å². The Morgan fingerprint density at radius 1 is 1.24 bits per heavy atom. The van der Waals surface area contributed by atoms with Gasteiger partial charge in [0.2, 0.25) is 0 Å². The van der Waals surface area contributed by atoms with Gasteiger partial charge in [0, 0.05) is 0 Å². The van der Waals surface area contributed by atoms with E-state index in [0.29, 0.717) is 21.7 Å². The smallest absolute Gasteiger partial charge is 0.335 e. The fourth-order valence-electron chi connectivity index (χ4n) is 1.76. The number of carbonyl (C=O) groups is 1. The third kappa shape index (κ3) is 2.76. The van der Waals surface area contributed by atoms with Crippen LogP contribution in [0.4, 0.5) is 11.5 Å². The van der Waals surface area contributed by atoms with Crippen LogP contribution in [0.3, 0.4) is 0 Å². The molecule has 106 valence electrons. The fourth-order valence-corrected chi connectivity index (χ4v) is 2.71. The molecule has 2 heterocycles. The van der Waals surface area contributed by atoms with Crippen LogP contribution in [0.1, 0.15) is 10.4 Å². The molecule has 3 aromatic rings. The number of hydrogen-bond acceptors (Lipinski definition) is 6. The highest BCUT2D eigenvalue weighted by molar-refractivity contribution is 7.00. The molecule has 1 aromatic carbocycles. The second kappa shape index (κ2) is 5.44. The summed E-state index contributed by atoms with van der Waals surface area (Å²) in [5.74, 6) is -0.829. The zero-order valence-electron chi connectivity index (χ0n) is 10.2. The molecule has 21 heavy (non-hydrogen) atoms. The number of carboxylic acids is 1. The van der Waals surface area contributed by atoms with Crippen molar-refractivity contribution in [1.29, 1.82) is 0 Å². The maximum atomic E-state index is 11.0. The number of halogens is 2. The summed E-state index contributed by atoms with van der Waals surface area (Å²) < 4.78 is 8.28. The quantitative estimate of drug-likeness (QED) is 0.704. The van der Waals surface area contributed by atoms with E-state index in [0.717, 1.165) is 11.7 Å². The van der Waals surface area contributed by atoms with Crippen molar-refractivity contribution in [2.24, 2.45) is 0 Å². The first kappa shape index (κ1) is 14.0. The van der Waals surface area contributed by atoms with E-state index >= 15 is 0 Å². The van der Waals surface area contributed by atoms with Gasteiger partial charge in [-0.25, -0.2) is 9.78 Å². The van der Waals surface area contributed by atoms with Crippen molar-refractivity contribution in [3.63, 3.8) is 0 Å². The highest BCUT2D eigenvalue weighted by Gasteiger charge is 2.13. The maximum absolute atomic E-state index is 11.0. The molecule has 0 atom stereocenters. The minimum absolute atomic E-state index is 0.0252. The summed E-state index contributed by atoms with van der Waals surface area (Å²) in [5.41, 5.74) is 1.81. The Bertz CT molecular complexity index is 852. The monoisotopic (exact) mass is 340 g/mol. The molecule has 0 bridgehead atoms. The molecule has 6 nitrogen and oxygen atoms in total. The number of pyridine rings is 1. The summed E-state index contributed by atoms with van der Waals surface area (Å²) in [4.78, 5) is 15.1. The molecule has 0 amide bonds. The highest BCUT2D eigenvalue weighted by atomic mass is 35.5. The lowest BCUT2D eigenvalue weighted by molar-refractivity contribution is 0.0697. The van der Waals surface area contributed by atoms with E-state index < -0.39 is 5.97 Å². The zero-order valence-corrected chi connectivity index (χ0v) is 12.5. The lowest BCUT2D eigenvalue weighted by Gasteiger charge is -2.09. The number of aromatic carboxylic acids is 1. The molecule has 2 N–H and O–H groups in total. The Balaban J connectivity index is 2.08. The van der Waals surface area contributed by atoms with Gasteiger partial charge in [-0.1, -0.05) is 23.2 Å². The van der Waals surface area contributed by atoms with Crippen molar-refractivity contribution in [1.82, 2.24) is 13.7 Å². The molecule has 9 heteroatoms. The van der Waals surface area contributed by atoms with E-state index in [9.17, 15) is 4.79 Å². The molecular formula is C12H6Cl2N4O2S. The molecule has 0 aliphatic rings. The van der Waals surface area contributed by atoms with Gasteiger partial charge in [0.05, 0.1) is 28.0 Å². The number of hydrogen-bond donors (Lipinski definition) is 2. The van der Waals surface area contributed by atoms with E-state index in [-0.39, 0.29) is 16.5 Å². The van der Waals surface area contributed by atoms with Crippen molar-refractivity contribution in [2.75, 3.05) is 5.32 Å². The van der Waals surface area contributed by atoms with Gasteiger partial charge in [-0.05, 0) is 24.3 Å². The summed E-state index contributed by atoms with van der Waals surface area (Å²) >= 11 is 13.0. The van der Waals surface area contributed by atoms with Gasteiger partial charge < -0.3 is 10.4 Å². The molecule has 0 aliphatic carbocycles. The first-order chi connectivity index (χ1) is 10.0. The molecule has 0 spiro atoms. The number of anilines is 2. The summed E-state index contributed by atoms with van der Waals surface area (Å²) in [6, 6.07) is 6.06. The Hall–Kier alpha value is -1.96. The average molecular weight is 341 g/mol. The number of aromatic nitrogens is 3. The Kier molecular flexibility index (Phi) is 3.62. The van der Waals surface area contributed by atoms with Crippen molar-refractivity contribution in [3.05, 3.63) is 40.0 Å². The van der Waals surface area contributed by atoms with Crippen LogP contribution in [0.2, 0.25) is 10.2 Å². The summed E-state index contributed by atoms with van der Waals surface area (Å²) in [5, 5.41) is 12.5. The minimum Gasteiger partial charge on any atom is -0.478 e. The molecule has 0 saturated heterocycles. The number of rotatable bonds is 3. The SMILES string of the molecule is O=C(O)c1cc(Cl)nc(Nc2c(Cl)ccc3nsnc23)c1. The lowest BCUT2D eigenvalue weighted by Crippen LogP contribution is -2.01. The first-order valence-corrected chi connectivity index (χ1v) is 7.12. The van der Waals surface area contributed by atoms with Crippen molar-refractivity contribution in [3.8, 4) is 0 Å². The minimum atomic E-state index is -1.10. The molecule has 0 aliphatic heterocycles. The van der Waals surface area contributed by atoms with Gasteiger partial charge in [0.1, 0.15) is 22.0 Å². The number of carboxylic acid groups (broad SMARTS) is 1. The topological polar surface area (TPSA) is 88.0 Å². The predicted molar refractivity (Wildman–Crippen MR) is 81.9 cm³/mol. The average Bonchev–Trinajstić information content (AvgIpc) is 2.90. The summed E-state index contributed by atoms with van der Waals surface area (Å²) in [6.07, 6.45) is 0. The van der Waals surface area contributed by atoms with Crippen LogP contribution in [-0.2, 0) is 0 Å². The Morgan fingerprint density at radius 3 is 2.81 bits per heavy atom. The molecule has 2 aromatic heterocycles. The molecule has 0 radical (unpaired) electrons.